The van der Waals surface area contributed by atoms with Gasteiger partial charge in [-0.1, -0.05) is 6.07 Å². The second kappa shape index (κ2) is 22.7. The molecule has 1 heterocycles. The Balaban J connectivity index is 2.72. The fourth-order valence-corrected chi connectivity index (χ4v) is 4.89. The molecule has 208 valence electrons. The van der Waals surface area contributed by atoms with Gasteiger partial charge in [-0.05, 0) is 12.1 Å². The Morgan fingerprint density at radius 3 is 1.56 bits per heavy atom. The summed E-state index contributed by atoms with van der Waals surface area (Å²) in [5, 5.41) is 0. The van der Waals surface area contributed by atoms with Gasteiger partial charge < -0.3 is 46.4 Å². The van der Waals surface area contributed by atoms with Crippen molar-refractivity contribution in [3.63, 3.8) is 0 Å². The van der Waals surface area contributed by atoms with E-state index in [0.29, 0.717) is 59.5 Å². The Hall–Kier alpha value is -1.52. The van der Waals surface area contributed by atoms with Crippen LogP contribution in [0.5, 0.6) is 0 Å². The zero-order valence-electron chi connectivity index (χ0n) is 21.6. The van der Waals surface area contributed by atoms with Crippen LogP contribution in [0.3, 0.4) is 0 Å². The summed E-state index contributed by atoms with van der Waals surface area (Å²) < 4.78 is 55.2. The van der Waals surface area contributed by atoms with Gasteiger partial charge in [0.25, 0.3) is 0 Å². The standard InChI is InChI=1S/C23H41NO11Si/c1-26-8-11-29-14-17-33-36(34-18-15-30-12-9-27-2,35-19-16-31-13-10-28-3)21-20-32-23(25)22-6-4-5-7-24-22/h4-7H,8-21H2,1-3H3. The summed E-state index contributed by atoms with van der Waals surface area (Å²) in [5.74, 6) is -0.535. The minimum Gasteiger partial charge on any atom is -0.461 e. The number of methoxy groups -OCH3 is 3. The van der Waals surface area contributed by atoms with Crippen molar-refractivity contribution in [2.24, 2.45) is 0 Å². The number of aromatic nitrogens is 1. The molecule has 0 saturated carbocycles. The minimum absolute atomic E-state index is 0.0290. The highest BCUT2D eigenvalue weighted by Crippen LogP contribution is 2.17. The van der Waals surface area contributed by atoms with Crippen molar-refractivity contribution in [3.8, 4) is 0 Å². The van der Waals surface area contributed by atoms with Gasteiger partial charge in [-0.25, -0.2) is 9.78 Å². The van der Waals surface area contributed by atoms with Crippen LogP contribution >= 0.6 is 0 Å². The number of pyridine rings is 1. The number of carbonyl (C=O) groups is 1. The summed E-state index contributed by atoms with van der Waals surface area (Å²) in [6.07, 6.45) is 1.53. The molecule has 0 unspecified atom stereocenters. The molecule has 0 radical (unpaired) electrons. The van der Waals surface area contributed by atoms with E-state index in [9.17, 15) is 4.79 Å². The second-order valence-electron chi connectivity index (χ2n) is 7.14. The van der Waals surface area contributed by atoms with Crippen molar-refractivity contribution in [2.75, 3.05) is 107 Å². The molecule has 0 aliphatic rings. The lowest BCUT2D eigenvalue weighted by Crippen LogP contribution is -2.49. The number of ether oxygens (including phenoxy) is 7. The van der Waals surface area contributed by atoms with Crippen LogP contribution in [0.25, 0.3) is 0 Å². The molecule has 0 aromatic carbocycles. The molecule has 13 heteroatoms. The molecular weight excluding hydrogens is 494 g/mol. The van der Waals surface area contributed by atoms with Gasteiger partial charge in [-0.2, -0.15) is 0 Å². The van der Waals surface area contributed by atoms with Gasteiger partial charge in [0.1, 0.15) is 5.69 Å². The summed E-state index contributed by atoms with van der Waals surface area (Å²) in [6.45, 7) is 4.49. The molecule has 0 amide bonds. The zero-order valence-corrected chi connectivity index (χ0v) is 22.6. The van der Waals surface area contributed by atoms with E-state index < -0.39 is 14.8 Å². The van der Waals surface area contributed by atoms with E-state index in [2.05, 4.69) is 4.98 Å². The van der Waals surface area contributed by atoms with Gasteiger partial charge in [-0.15, -0.1) is 0 Å². The average Bonchev–Trinajstić information content (AvgIpc) is 2.90. The van der Waals surface area contributed by atoms with Crippen LogP contribution in [-0.4, -0.2) is 127 Å². The lowest BCUT2D eigenvalue weighted by Gasteiger charge is -2.29. The lowest BCUT2D eigenvalue weighted by molar-refractivity contribution is -0.0134. The van der Waals surface area contributed by atoms with Gasteiger partial charge in [0.2, 0.25) is 0 Å². The van der Waals surface area contributed by atoms with Gasteiger partial charge in [0.15, 0.2) is 0 Å². The summed E-state index contributed by atoms with van der Waals surface area (Å²) in [7, 11) is 1.52. The summed E-state index contributed by atoms with van der Waals surface area (Å²) in [6, 6.07) is 5.26. The van der Waals surface area contributed by atoms with Gasteiger partial charge in [-0.3, -0.25) is 0 Å². The van der Waals surface area contributed by atoms with E-state index in [1.165, 1.54) is 6.20 Å². The molecule has 1 aromatic heterocycles. The molecule has 0 atom stereocenters. The van der Waals surface area contributed by atoms with Crippen LogP contribution in [-0.2, 0) is 46.4 Å². The van der Waals surface area contributed by atoms with Crippen LogP contribution in [0.4, 0.5) is 0 Å². The monoisotopic (exact) mass is 535 g/mol. The fourth-order valence-electron chi connectivity index (χ4n) is 2.67. The third-order valence-corrected chi connectivity index (χ3v) is 7.21. The number of nitrogens with zero attached hydrogens (tertiary/aromatic N) is 1. The predicted octanol–water partition coefficient (Wildman–Crippen LogP) is 1.22. The van der Waals surface area contributed by atoms with Crippen LogP contribution in [0.15, 0.2) is 24.4 Å². The largest absolute Gasteiger partial charge is 0.504 e. The number of carbonyl (C=O) groups excluding carboxylic acids is 1. The molecule has 0 aliphatic heterocycles. The number of rotatable bonds is 25. The van der Waals surface area contributed by atoms with E-state index in [0.717, 1.165) is 0 Å². The van der Waals surface area contributed by atoms with Crippen LogP contribution in [0, 0.1) is 0 Å². The second-order valence-corrected chi connectivity index (χ2v) is 9.88. The van der Waals surface area contributed by atoms with Crippen molar-refractivity contribution in [3.05, 3.63) is 30.1 Å². The third-order valence-electron chi connectivity index (χ3n) is 4.46. The zero-order chi connectivity index (χ0) is 26.2. The molecule has 36 heavy (non-hydrogen) atoms. The Morgan fingerprint density at radius 2 is 1.14 bits per heavy atom. The maximum absolute atomic E-state index is 12.3. The van der Waals surface area contributed by atoms with Crippen molar-refractivity contribution < 1.29 is 51.2 Å². The van der Waals surface area contributed by atoms with E-state index >= 15 is 0 Å². The number of esters is 1. The lowest BCUT2D eigenvalue weighted by atomic mass is 10.4. The molecule has 0 aliphatic carbocycles. The van der Waals surface area contributed by atoms with Crippen molar-refractivity contribution in [1.82, 2.24) is 4.98 Å². The predicted molar refractivity (Wildman–Crippen MR) is 131 cm³/mol. The normalized spacial score (nSPS) is 11.6. The molecule has 0 bridgehead atoms. The van der Waals surface area contributed by atoms with Crippen molar-refractivity contribution >= 4 is 14.8 Å². The first-order chi connectivity index (χ1) is 17.7. The van der Waals surface area contributed by atoms with E-state index in [1.807, 2.05) is 0 Å². The minimum atomic E-state index is -3.30. The van der Waals surface area contributed by atoms with Gasteiger partial charge in [0, 0.05) is 27.5 Å². The third kappa shape index (κ3) is 16.3. The van der Waals surface area contributed by atoms with Crippen molar-refractivity contribution in [1.29, 1.82) is 0 Å². The van der Waals surface area contributed by atoms with Crippen LogP contribution in [0.2, 0.25) is 6.04 Å². The van der Waals surface area contributed by atoms with E-state index in [4.69, 9.17) is 46.4 Å². The topological polar surface area (TPSA) is 122 Å². The molecule has 0 saturated heterocycles. The first-order valence-electron chi connectivity index (χ1n) is 11.9. The van der Waals surface area contributed by atoms with Crippen LogP contribution in [0.1, 0.15) is 10.5 Å². The maximum atomic E-state index is 12.3. The Morgan fingerprint density at radius 1 is 0.667 bits per heavy atom. The maximum Gasteiger partial charge on any atom is 0.504 e. The quantitative estimate of drug-likeness (QED) is 0.102. The molecule has 0 spiro atoms. The Bertz CT molecular complexity index is 601. The smallest absolute Gasteiger partial charge is 0.461 e. The van der Waals surface area contributed by atoms with Gasteiger partial charge >= 0.3 is 14.8 Å². The highest BCUT2D eigenvalue weighted by Gasteiger charge is 2.41. The molecule has 1 rings (SSSR count). The highest BCUT2D eigenvalue weighted by molar-refractivity contribution is 6.60. The van der Waals surface area contributed by atoms with E-state index in [-0.39, 0.29) is 38.2 Å². The first kappa shape index (κ1) is 32.5. The summed E-state index contributed by atoms with van der Waals surface area (Å²) in [5.41, 5.74) is 0.220. The molecule has 1 aromatic rings. The number of hydrogen-bond donors (Lipinski definition) is 0. The Kier molecular flexibility index (Phi) is 20.5. The Labute approximate surface area is 214 Å². The highest BCUT2D eigenvalue weighted by atomic mass is 28.4. The van der Waals surface area contributed by atoms with Crippen molar-refractivity contribution in [2.45, 2.75) is 6.04 Å². The molecule has 12 nitrogen and oxygen atoms in total. The fraction of sp³-hybridized carbons (Fsp3) is 0.739. The summed E-state index contributed by atoms with van der Waals surface area (Å²) in [4.78, 5) is 16.3. The molecule has 0 N–H and O–H groups in total. The summed E-state index contributed by atoms with van der Waals surface area (Å²) >= 11 is 0. The van der Waals surface area contributed by atoms with E-state index in [1.54, 1.807) is 39.5 Å². The number of hydrogen-bond acceptors (Lipinski definition) is 12. The first-order valence-corrected chi connectivity index (χ1v) is 13.8. The SMILES string of the molecule is COCCOCCO[Si](CCOC(=O)c1ccccn1)(OCCOCCOC)OCCOCCOC. The van der Waals surface area contributed by atoms with Gasteiger partial charge in [0.05, 0.1) is 91.9 Å². The molecule has 0 fully saturated rings. The average molecular weight is 536 g/mol. The molecular formula is C23H41NO11Si. The van der Waals surface area contributed by atoms with Crippen LogP contribution < -0.4 is 0 Å².